The molecule has 0 fully saturated rings. The highest BCUT2D eigenvalue weighted by Gasteiger charge is 2.10. The van der Waals surface area contributed by atoms with Crippen molar-refractivity contribution in [2.75, 3.05) is 17.2 Å². The molecule has 0 aromatic heterocycles. The number of nitrogens with one attached hydrogen (secondary N) is 2. The summed E-state index contributed by atoms with van der Waals surface area (Å²) in [6.07, 6.45) is 0. The zero-order valence-corrected chi connectivity index (χ0v) is 13.3. The predicted molar refractivity (Wildman–Crippen MR) is 89.8 cm³/mol. The van der Waals surface area contributed by atoms with Gasteiger partial charge in [0.15, 0.2) is 0 Å². The predicted octanol–water partition coefficient (Wildman–Crippen LogP) is 4.99. The molecular weight excluding hydrogens is 307 g/mol. The van der Waals surface area contributed by atoms with Gasteiger partial charge >= 0.3 is 0 Å². The molecule has 1 amide bonds. The highest BCUT2D eigenvalue weighted by molar-refractivity contribution is 6.35. The molecule has 2 N–H and O–H groups in total. The molecule has 2 aromatic carbocycles. The van der Waals surface area contributed by atoms with E-state index in [1.165, 1.54) is 0 Å². The summed E-state index contributed by atoms with van der Waals surface area (Å²) >= 11 is 11.8. The minimum absolute atomic E-state index is 0.186. The van der Waals surface area contributed by atoms with Crippen LogP contribution in [0.1, 0.15) is 22.8 Å². The molecule has 0 radical (unpaired) electrons. The van der Waals surface area contributed by atoms with Gasteiger partial charge in [-0.25, -0.2) is 0 Å². The van der Waals surface area contributed by atoms with Crippen LogP contribution in [-0.4, -0.2) is 12.5 Å². The topological polar surface area (TPSA) is 41.1 Å². The van der Waals surface area contributed by atoms with Gasteiger partial charge in [-0.15, -0.1) is 0 Å². The molecule has 0 spiro atoms. The summed E-state index contributed by atoms with van der Waals surface area (Å²) in [4.78, 5) is 12.3. The Hall–Kier alpha value is -1.71. The number of anilines is 2. The molecule has 0 heterocycles. The highest BCUT2D eigenvalue weighted by Crippen LogP contribution is 2.23. The van der Waals surface area contributed by atoms with Gasteiger partial charge < -0.3 is 10.6 Å². The summed E-state index contributed by atoms with van der Waals surface area (Å²) in [5, 5.41) is 6.98. The average Bonchev–Trinajstić information content (AvgIpc) is 2.37. The first-order valence-corrected chi connectivity index (χ1v) is 7.37. The number of hydrogen-bond acceptors (Lipinski definition) is 2. The van der Waals surface area contributed by atoms with Crippen LogP contribution in [0.15, 0.2) is 36.4 Å². The van der Waals surface area contributed by atoms with Crippen LogP contribution in [0, 0.1) is 6.92 Å². The largest absolute Gasteiger partial charge is 0.385 e. The lowest BCUT2D eigenvalue weighted by molar-refractivity contribution is 0.102. The van der Waals surface area contributed by atoms with E-state index in [0.717, 1.165) is 17.8 Å². The second-order valence-electron chi connectivity index (χ2n) is 4.67. The average molecular weight is 323 g/mol. The molecule has 0 aliphatic rings. The molecule has 21 heavy (non-hydrogen) atoms. The molecule has 2 rings (SSSR count). The first-order valence-electron chi connectivity index (χ1n) is 6.61. The summed E-state index contributed by atoms with van der Waals surface area (Å²) in [6.45, 7) is 4.77. The van der Waals surface area contributed by atoms with Crippen LogP contribution in [-0.2, 0) is 0 Å². The van der Waals surface area contributed by atoms with Gasteiger partial charge in [0.1, 0.15) is 0 Å². The molecule has 3 nitrogen and oxygen atoms in total. The van der Waals surface area contributed by atoms with Crippen LogP contribution >= 0.6 is 23.2 Å². The van der Waals surface area contributed by atoms with E-state index >= 15 is 0 Å². The number of hydrogen-bond donors (Lipinski definition) is 2. The minimum atomic E-state index is -0.186. The Morgan fingerprint density at radius 1 is 1.05 bits per heavy atom. The summed E-state index contributed by atoms with van der Waals surface area (Å²) in [5.74, 6) is -0.186. The van der Waals surface area contributed by atoms with Crippen LogP contribution in [0.4, 0.5) is 11.4 Å². The van der Waals surface area contributed by atoms with Gasteiger partial charge in [0.2, 0.25) is 0 Å². The smallest absolute Gasteiger partial charge is 0.255 e. The lowest BCUT2D eigenvalue weighted by Gasteiger charge is -2.10. The second kappa shape index (κ2) is 6.83. The van der Waals surface area contributed by atoms with E-state index in [1.807, 2.05) is 26.0 Å². The minimum Gasteiger partial charge on any atom is -0.385 e. The SMILES string of the molecule is CCNc1ccc(C(=O)Nc2cc(Cl)cc(Cl)c2)c(C)c1. The summed E-state index contributed by atoms with van der Waals surface area (Å²) in [7, 11) is 0. The Bertz CT molecular complexity index is 651. The van der Waals surface area contributed by atoms with E-state index < -0.39 is 0 Å². The summed E-state index contributed by atoms with van der Waals surface area (Å²) < 4.78 is 0. The fourth-order valence-electron chi connectivity index (χ4n) is 2.06. The third-order valence-corrected chi connectivity index (χ3v) is 3.41. The molecule has 0 aliphatic carbocycles. The quantitative estimate of drug-likeness (QED) is 0.832. The van der Waals surface area contributed by atoms with Crippen molar-refractivity contribution in [3.8, 4) is 0 Å². The third kappa shape index (κ3) is 4.13. The molecule has 110 valence electrons. The lowest BCUT2D eigenvalue weighted by atomic mass is 10.1. The van der Waals surface area contributed by atoms with E-state index in [2.05, 4.69) is 10.6 Å². The normalized spacial score (nSPS) is 10.3. The van der Waals surface area contributed by atoms with E-state index in [0.29, 0.717) is 21.3 Å². The Kier molecular flexibility index (Phi) is 5.10. The van der Waals surface area contributed by atoms with E-state index in [-0.39, 0.29) is 5.91 Å². The van der Waals surface area contributed by atoms with Crippen molar-refractivity contribution in [1.29, 1.82) is 0 Å². The fraction of sp³-hybridized carbons (Fsp3) is 0.188. The molecule has 0 aliphatic heterocycles. The third-order valence-electron chi connectivity index (χ3n) is 2.97. The standard InChI is InChI=1S/C16H16Cl2N2O/c1-3-19-13-4-5-15(10(2)6-13)16(21)20-14-8-11(17)7-12(18)9-14/h4-9,19H,3H2,1-2H3,(H,20,21). The number of amides is 1. The lowest BCUT2D eigenvalue weighted by Crippen LogP contribution is -2.13. The van der Waals surface area contributed by atoms with Gasteiger partial charge in [-0.05, 0) is 55.8 Å². The molecule has 2 aromatic rings. The first-order chi connectivity index (χ1) is 9.99. The van der Waals surface area contributed by atoms with Crippen LogP contribution in [0.2, 0.25) is 10.0 Å². The van der Waals surface area contributed by atoms with Gasteiger partial charge in [-0.1, -0.05) is 23.2 Å². The highest BCUT2D eigenvalue weighted by atomic mass is 35.5. The van der Waals surface area contributed by atoms with Gasteiger partial charge in [0.25, 0.3) is 5.91 Å². The Morgan fingerprint density at radius 3 is 2.29 bits per heavy atom. The number of aryl methyl sites for hydroxylation is 1. The number of rotatable bonds is 4. The van der Waals surface area contributed by atoms with Crippen molar-refractivity contribution in [2.24, 2.45) is 0 Å². The van der Waals surface area contributed by atoms with Crippen molar-refractivity contribution < 1.29 is 4.79 Å². The Morgan fingerprint density at radius 2 is 1.71 bits per heavy atom. The maximum absolute atomic E-state index is 12.3. The number of halogens is 2. The van der Waals surface area contributed by atoms with E-state index in [1.54, 1.807) is 24.3 Å². The first kappa shape index (κ1) is 15.7. The molecule has 0 unspecified atom stereocenters. The van der Waals surface area contributed by atoms with E-state index in [9.17, 15) is 4.79 Å². The van der Waals surface area contributed by atoms with E-state index in [4.69, 9.17) is 23.2 Å². The van der Waals surface area contributed by atoms with Gasteiger partial charge in [0.05, 0.1) is 0 Å². The zero-order chi connectivity index (χ0) is 15.4. The number of carbonyl (C=O) groups is 1. The molecular formula is C16H16Cl2N2O. The summed E-state index contributed by atoms with van der Waals surface area (Å²) in [6, 6.07) is 10.6. The van der Waals surface area contributed by atoms with Crippen molar-refractivity contribution in [3.05, 3.63) is 57.6 Å². The van der Waals surface area contributed by atoms with Crippen LogP contribution in [0.3, 0.4) is 0 Å². The molecule has 0 saturated carbocycles. The number of carbonyl (C=O) groups excluding carboxylic acids is 1. The van der Waals surface area contributed by atoms with Crippen LogP contribution < -0.4 is 10.6 Å². The van der Waals surface area contributed by atoms with Crippen LogP contribution in [0.25, 0.3) is 0 Å². The fourth-order valence-corrected chi connectivity index (χ4v) is 2.58. The maximum atomic E-state index is 12.3. The second-order valence-corrected chi connectivity index (χ2v) is 5.55. The molecule has 0 atom stereocenters. The van der Waals surface area contributed by atoms with Crippen molar-refractivity contribution in [1.82, 2.24) is 0 Å². The Balaban J connectivity index is 2.20. The zero-order valence-electron chi connectivity index (χ0n) is 11.8. The van der Waals surface area contributed by atoms with Gasteiger partial charge in [-0.2, -0.15) is 0 Å². The Labute approximate surface area is 134 Å². The maximum Gasteiger partial charge on any atom is 0.255 e. The van der Waals surface area contributed by atoms with Crippen LogP contribution in [0.5, 0.6) is 0 Å². The van der Waals surface area contributed by atoms with Gasteiger partial charge in [0, 0.05) is 33.5 Å². The molecule has 0 bridgehead atoms. The van der Waals surface area contributed by atoms with Gasteiger partial charge in [-0.3, -0.25) is 4.79 Å². The van der Waals surface area contributed by atoms with Crippen molar-refractivity contribution >= 4 is 40.5 Å². The molecule has 0 saturated heterocycles. The van der Waals surface area contributed by atoms with Crippen molar-refractivity contribution in [3.63, 3.8) is 0 Å². The summed E-state index contributed by atoms with van der Waals surface area (Å²) in [5.41, 5.74) is 3.09. The monoisotopic (exact) mass is 322 g/mol. The van der Waals surface area contributed by atoms with Crippen molar-refractivity contribution in [2.45, 2.75) is 13.8 Å². The molecule has 5 heteroatoms. The number of benzene rings is 2.